The Kier molecular flexibility index (Phi) is 2.49. The molecule has 0 bridgehead atoms. The number of benzene rings is 1. The maximum absolute atomic E-state index is 13.1. The van der Waals surface area contributed by atoms with Crippen molar-refractivity contribution in [3.63, 3.8) is 0 Å². The molecule has 1 aromatic heterocycles. The van der Waals surface area contributed by atoms with Crippen LogP contribution in [0.2, 0.25) is 5.02 Å². The van der Waals surface area contributed by atoms with Crippen LogP contribution < -0.4 is 0 Å². The first-order valence-corrected chi connectivity index (χ1v) is 4.85. The van der Waals surface area contributed by atoms with Gasteiger partial charge in [0.25, 0.3) is 0 Å². The maximum Gasteiger partial charge on any atom is 0.191 e. The molecule has 0 aliphatic carbocycles. The summed E-state index contributed by atoms with van der Waals surface area (Å²) >= 11 is 6.01. The topological polar surface area (TPSA) is 26.0 Å². The molecule has 0 aliphatic heterocycles. The second kappa shape index (κ2) is 3.66. The van der Waals surface area contributed by atoms with Crippen molar-refractivity contribution in [2.75, 3.05) is 0 Å². The van der Waals surface area contributed by atoms with Crippen LogP contribution in [0.3, 0.4) is 0 Å². The summed E-state index contributed by atoms with van der Waals surface area (Å²) in [4.78, 5) is 3.97. The Labute approximate surface area is 91.7 Å². The van der Waals surface area contributed by atoms with E-state index in [1.165, 1.54) is 6.07 Å². The maximum atomic E-state index is 13.1. The molecule has 0 spiro atoms. The molecule has 0 amide bonds. The van der Waals surface area contributed by atoms with E-state index in [4.69, 9.17) is 16.0 Å². The minimum absolute atomic E-state index is 0.319. The van der Waals surface area contributed by atoms with Crippen LogP contribution in [0.15, 0.2) is 22.7 Å². The van der Waals surface area contributed by atoms with E-state index in [0.717, 1.165) is 0 Å². The van der Waals surface area contributed by atoms with Gasteiger partial charge >= 0.3 is 0 Å². The Morgan fingerprint density at radius 1 is 1.33 bits per heavy atom. The molecular weight excluding hydrogens is 217 g/mol. The number of rotatable bonds is 1. The van der Waals surface area contributed by atoms with E-state index in [1.807, 2.05) is 0 Å². The van der Waals surface area contributed by atoms with Crippen LogP contribution in [-0.2, 0) is 0 Å². The van der Waals surface area contributed by atoms with Crippen molar-refractivity contribution in [2.24, 2.45) is 0 Å². The van der Waals surface area contributed by atoms with Gasteiger partial charge in [0.15, 0.2) is 11.7 Å². The standard InChI is InChI=1S/C11H9ClFNO/c1-6-9(13)4-3-8(11(6)12)10-5-14-7(2)15-10/h3-5H,1-2H3. The van der Waals surface area contributed by atoms with Crippen molar-refractivity contribution >= 4 is 11.6 Å². The van der Waals surface area contributed by atoms with Crippen LogP contribution in [-0.4, -0.2) is 4.98 Å². The Morgan fingerprint density at radius 2 is 2.07 bits per heavy atom. The normalized spacial score (nSPS) is 10.7. The zero-order valence-corrected chi connectivity index (χ0v) is 9.10. The number of oxazole rings is 1. The van der Waals surface area contributed by atoms with Gasteiger partial charge in [-0.2, -0.15) is 0 Å². The Morgan fingerprint density at radius 3 is 2.67 bits per heavy atom. The summed E-state index contributed by atoms with van der Waals surface area (Å²) in [5.74, 6) is 0.795. The summed E-state index contributed by atoms with van der Waals surface area (Å²) < 4.78 is 18.5. The Balaban J connectivity index is 2.59. The molecule has 2 rings (SSSR count). The smallest absolute Gasteiger partial charge is 0.191 e. The van der Waals surface area contributed by atoms with Gasteiger partial charge in [-0.1, -0.05) is 11.6 Å². The van der Waals surface area contributed by atoms with E-state index in [0.29, 0.717) is 27.8 Å². The van der Waals surface area contributed by atoms with Crippen molar-refractivity contribution < 1.29 is 8.81 Å². The number of hydrogen-bond acceptors (Lipinski definition) is 2. The highest BCUT2D eigenvalue weighted by molar-refractivity contribution is 6.34. The number of aryl methyl sites for hydroxylation is 1. The van der Waals surface area contributed by atoms with Gasteiger partial charge in [-0.3, -0.25) is 0 Å². The number of halogens is 2. The summed E-state index contributed by atoms with van der Waals surface area (Å²) in [6, 6.07) is 2.96. The van der Waals surface area contributed by atoms with Crippen LogP contribution in [0.5, 0.6) is 0 Å². The van der Waals surface area contributed by atoms with Crippen molar-refractivity contribution in [1.29, 1.82) is 0 Å². The van der Waals surface area contributed by atoms with Crippen molar-refractivity contribution in [3.8, 4) is 11.3 Å². The third-order valence-electron chi connectivity index (χ3n) is 2.21. The highest BCUT2D eigenvalue weighted by Gasteiger charge is 2.12. The molecule has 0 aliphatic rings. The Hall–Kier alpha value is -1.35. The first-order chi connectivity index (χ1) is 7.09. The first-order valence-electron chi connectivity index (χ1n) is 4.47. The molecule has 0 radical (unpaired) electrons. The number of nitrogens with zero attached hydrogens (tertiary/aromatic N) is 1. The van der Waals surface area contributed by atoms with Crippen molar-refractivity contribution in [3.05, 3.63) is 40.6 Å². The molecule has 2 aromatic rings. The summed E-state index contributed by atoms with van der Waals surface area (Å²) in [5, 5.41) is 0.367. The minimum atomic E-state index is -0.319. The first kappa shape index (κ1) is 10.2. The predicted octanol–water partition coefficient (Wildman–Crippen LogP) is 3.75. The van der Waals surface area contributed by atoms with Gasteiger partial charge < -0.3 is 4.42 Å². The monoisotopic (exact) mass is 225 g/mol. The van der Waals surface area contributed by atoms with Crippen LogP contribution >= 0.6 is 11.6 Å². The third-order valence-corrected chi connectivity index (χ3v) is 2.69. The fourth-order valence-electron chi connectivity index (χ4n) is 1.34. The summed E-state index contributed by atoms with van der Waals surface area (Å²) in [7, 11) is 0. The van der Waals surface area contributed by atoms with Gasteiger partial charge in [-0.05, 0) is 19.1 Å². The van der Waals surface area contributed by atoms with Gasteiger partial charge in [0.2, 0.25) is 0 Å². The zero-order valence-electron chi connectivity index (χ0n) is 8.34. The lowest BCUT2D eigenvalue weighted by molar-refractivity contribution is 0.534. The molecule has 1 heterocycles. The molecule has 4 heteroatoms. The van der Waals surface area contributed by atoms with E-state index in [9.17, 15) is 4.39 Å². The number of hydrogen-bond donors (Lipinski definition) is 0. The van der Waals surface area contributed by atoms with Gasteiger partial charge in [0.05, 0.1) is 11.2 Å². The van der Waals surface area contributed by atoms with Crippen LogP contribution in [0.25, 0.3) is 11.3 Å². The molecule has 0 N–H and O–H groups in total. The van der Waals surface area contributed by atoms with Gasteiger partial charge in [-0.25, -0.2) is 9.37 Å². The molecule has 0 saturated carbocycles. The van der Waals surface area contributed by atoms with Crippen molar-refractivity contribution in [1.82, 2.24) is 4.98 Å². The highest BCUT2D eigenvalue weighted by atomic mass is 35.5. The Bertz CT molecular complexity index is 507. The van der Waals surface area contributed by atoms with Crippen LogP contribution in [0.1, 0.15) is 11.5 Å². The largest absolute Gasteiger partial charge is 0.441 e. The van der Waals surface area contributed by atoms with Gasteiger partial charge in [0, 0.05) is 18.1 Å². The lowest BCUT2D eigenvalue weighted by atomic mass is 10.1. The van der Waals surface area contributed by atoms with Crippen LogP contribution in [0, 0.1) is 19.7 Å². The highest BCUT2D eigenvalue weighted by Crippen LogP contribution is 2.31. The lowest BCUT2D eigenvalue weighted by Crippen LogP contribution is -1.86. The lowest BCUT2D eigenvalue weighted by Gasteiger charge is -2.04. The third kappa shape index (κ3) is 1.75. The van der Waals surface area contributed by atoms with E-state index in [-0.39, 0.29) is 5.82 Å². The summed E-state index contributed by atoms with van der Waals surface area (Å²) in [6.45, 7) is 3.37. The van der Waals surface area contributed by atoms with E-state index >= 15 is 0 Å². The molecule has 0 atom stereocenters. The van der Waals surface area contributed by atoms with Gasteiger partial charge in [-0.15, -0.1) is 0 Å². The second-order valence-electron chi connectivity index (χ2n) is 3.28. The fourth-order valence-corrected chi connectivity index (χ4v) is 1.58. The van der Waals surface area contributed by atoms with E-state index < -0.39 is 0 Å². The van der Waals surface area contributed by atoms with E-state index in [2.05, 4.69) is 4.98 Å². The average molecular weight is 226 g/mol. The molecule has 0 fully saturated rings. The molecule has 2 nitrogen and oxygen atoms in total. The molecule has 15 heavy (non-hydrogen) atoms. The van der Waals surface area contributed by atoms with Gasteiger partial charge in [0.1, 0.15) is 5.82 Å². The summed E-state index contributed by atoms with van der Waals surface area (Å²) in [6.07, 6.45) is 1.58. The molecule has 0 saturated heterocycles. The zero-order chi connectivity index (χ0) is 11.0. The van der Waals surface area contributed by atoms with Crippen LogP contribution in [0.4, 0.5) is 4.39 Å². The minimum Gasteiger partial charge on any atom is -0.441 e. The molecule has 78 valence electrons. The molecular formula is C11H9ClFNO. The predicted molar refractivity (Wildman–Crippen MR) is 56.4 cm³/mol. The molecule has 0 unspecified atom stereocenters. The molecule has 1 aromatic carbocycles. The fraction of sp³-hybridized carbons (Fsp3) is 0.182. The SMILES string of the molecule is Cc1ncc(-c2ccc(F)c(C)c2Cl)o1. The second-order valence-corrected chi connectivity index (χ2v) is 3.66. The van der Waals surface area contributed by atoms with E-state index in [1.54, 1.807) is 26.1 Å². The summed E-state index contributed by atoms with van der Waals surface area (Å²) in [5.41, 5.74) is 1.08. The van der Waals surface area contributed by atoms with Crippen molar-refractivity contribution in [2.45, 2.75) is 13.8 Å². The average Bonchev–Trinajstić information content (AvgIpc) is 2.61. The number of aromatic nitrogens is 1. The quantitative estimate of drug-likeness (QED) is 0.739.